The molecule has 0 fully saturated rings. The Morgan fingerprint density at radius 3 is 2.79 bits per heavy atom. The lowest BCUT2D eigenvalue weighted by molar-refractivity contribution is 0.177. The first kappa shape index (κ1) is 14.3. The summed E-state index contributed by atoms with van der Waals surface area (Å²) >= 11 is 7.63. The van der Waals surface area contributed by atoms with E-state index in [1.807, 2.05) is 12.1 Å². The van der Waals surface area contributed by atoms with Crippen LogP contribution in [0.5, 0.6) is 0 Å². The molecule has 19 heavy (non-hydrogen) atoms. The molecule has 0 unspecified atom stereocenters. The topological polar surface area (TPSA) is 35.0 Å². The van der Waals surface area contributed by atoms with Crippen molar-refractivity contribution in [3.05, 3.63) is 52.4 Å². The van der Waals surface area contributed by atoms with Gasteiger partial charge in [-0.25, -0.2) is 9.97 Å². The zero-order valence-corrected chi connectivity index (χ0v) is 12.5. The number of aromatic nitrogens is 2. The highest BCUT2D eigenvalue weighted by molar-refractivity contribution is 7.98. The van der Waals surface area contributed by atoms with Crippen molar-refractivity contribution in [1.82, 2.24) is 9.97 Å². The first-order chi connectivity index (χ1) is 9.19. The van der Waals surface area contributed by atoms with Crippen LogP contribution in [0.2, 0.25) is 5.15 Å². The fourth-order valence-electron chi connectivity index (χ4n) is 1.63. The summed E-state index contributed by atoms with van der Waals surface area (Å²) in [5.74, 6) is 1.48. The van der Waals surface area contributed by atoms with Crippen LogP contribution in [-0.4, -0.2) is 17.1 Å². The second-order valence-electron chi connectivity index (χ2n) is 4.09. The van der Waals surface area contributed by atoms with Crippen LogP contribution in [0, 0.1) is 6.92 Å². The molecule has 0 saturated carbocycles. The average molecular weight is 295 g/mol. The number of thioether (sulfide) groups is 1. The Labute approximate surface area is 122 Å². The van der Waals surface area contributed by atoms with Crippen LogP contribution in [0.3, 0.4) is 0 Å². The SMILES string of the molecule is COCc1nc(Cl)cc(SCc2ccccc2C)n1. The molecule has 5 heteroatoms. The Morgan fingerprint density at radius 2 is 2.05 bits per heavy atom. The van der Waals surface area contributed by atoms with Crippen LogP contribution in [0.15, 0.2) is 35.4 Å². The number of halogens is 1. The van der Waals surface area contributed by atoms with Crippen LogP contribution in [0.25, 0.3) is 0 Å². The molecular formula is C14H15ClN2OS. The summed E-state index contributed by atoms with van der Waals surface area (Å²) in [4.78, 5) is 8.52. The third-order valence-corrected chi connectivity index (χ3v) is 3.78. The molecule has 0 aliphatic heterocycles. The van der Waals surface area contributed by atoms with Gasteiger partial charge in [0.2, 0.25) is 0 Å². The van der Waals surface area contributed by atoms with Gasteiger partial charge in [0.05, 0.1) is 0 Å². The van der Waals surface area contributed by atoms with E-state index >= 15 is 0 Å². The maximum atomic E-state index is 5.98. The van der Waals surface area contributed by atoms with Gasteiger partial charge in [0.1, 0.15) is 16.8 Å². The molecule has 0 aliphatic carbocycles. The van der Waals surface area contributed by atoms with Crippen LogP contribution < -0.4 is 0 Å². The van der Waals surface area contributed by atoms with Crippen molar-refractivity contribution in [3.63, 3.8) is 0 Å². The number of nitrogens with zero attached hydrogens (tertiary/aromatic N) is 2. The van der Waals surface area contributed by atoms with Crippen LogP contribution in [-0.2, 0) is 17.1 Å². The molecule has 2 rings (SSSR count). The Kier molecular flexibility index (Phi) is 5.19. The minimum Gasteiger partial charge on any atom is -0.377 e. The second kappa shape index (κ2) is 6.89. The number of benzene rings is 1. The summed E-state index contributed by atoms with van der Waals surface area (Å²) in [6.45, 7) is 2.48. The molecule has 1 heterocycles. The maximum absolute atomic E-state index is 5.98. The second-order valence-corrected chi connectivity index (χ2v) is 5.48. The van der Waals surface area contributed by atoms with E-state index in [-0.39, 0.29) is 0 Å². The van der Waals surface area contributed by atoms with Gasteiger partial charge in [-0.05, 0) is 18.1 Å². The number of hydrogen-bond acceptors (Lipinski definition) is 4. The summed E-state index contributed by atoms with van der Waals surface area (Å²) in [6, 6.07) is 10.1. The van der Waals surface area contributed by atoms with Crippen molar-refractivity contribution in [2.75, 3.05) is 7.11 Å². The number of methoxy groups -OCH3 is 1. The Hall–Kier alpha value is -1.10. The number of hydrogen-bond donors (Lipinski definition) is 0. The summed E-state index contributed by atoms with van der Waals surface area (Å²) in [7, 11) is 1.62. The van der Waals surface area contributed by atoms with Gasteiger partial charge < -0.3 is 4.74 Å². The van der Waals surface area contributed by atoms with Crippen molar-refractivity contribution in [2.45, 2.75) is 24.3 Å². The van der Waals surface area contributed by atoms with Crippen LogP contribution in [0.1, 0.15) is 17.0 Å². The monoisotopic (exact) mass is 294 g/mol. The van der Waals surface area contributed by atoms with Crippen LogP contribution in [0.4, 0.5) is 0 Å². The van der Waals surface area contributed by atoms with Crippen LogP contribution >= 0.6 is 23.4 Å². The normalized spacial score (nSPS) is 10.7. The minimum atomic E-state index is 0.373. The zero-order chi connectivity index (χ0) is 13.7. The predicted molar refractivity (Wildman–Crippen MR) is 78.5 cm³/mol. The van der Waals surface area contributed by atoms with E-state index in [1.165, 1.54) is 11.1 Å². The van der Waals surface area contributed by atoms with E-state index in [2.05, 4.69) is 29.0 Å². The summed E-state index contributed by atoms with van der Waals surface area (Å²) in [5, 5.41) is 1.32. The molecule has 2 aromatic rings. The van der Waals surface area contributed by atoms with E-state index in [9.17, 15) is 0 Å². The molecule has 0 amide bonds. The maximum Gasteiger partial charge on any atom is 0.156 e. The Balaban J connectivity index is 2.09. The van der Waals surface area contributed by atoms with Gasteiger partial charge in [-0.2, -0.15) is 0 Å². The molecule has 0 N–H and O–H groups in total. The van der Waals surface area contributed by atoms with Gasteiger partial charge in [-0.3, -0.25) is 0 Å². The fourth-order valence-corrected chi connectivity index (χ4v) is 2.89. The average Bonchev–Trinajstić information content (AvgIpc) is 2.37. The predicted octanol–water partition coefficient (Wildman–Crippen LogP) is 3.88. The van der Waals surface area contributed by atoms with Crippen molar-refractivity contribution >= 4 is 23.4 Å². The Morgan fingerprint density at radius 1 is 1.26 bits per heavy atom. The molecular weight excluding hydrogens is 280 g/mol. The van der Waals surface area contributed by atoms with E-state index < -0.39 is 0 Å². The highest BCUT2D eigenvalue weighted by Crippen LogP contribution is 2.24. The number of aryl methyl sites for hydroxylation is 1. The van der Waals surface area contributed by atoms with Gasteiger partial charge in [-0.15, -0.1) is 11.8 Å². The Bertz CT molecular complexity index is 563. The first-order valence-corrected chi connectivity index (χ1v) is 7.25. The molecule has 1 aromatic heterocycles. The van der Waals surface area contributed by atoms with Gasteiger partial charge >= 0.3 is 0 Å². The van der Waals surface area contributed by atoms with Crippen molar-refractivity contribution in [1.29, 1.82) is 0 Å². The van der Waals surface area contributed by atoms with Gasteiger partial charge in [-0.1, -0.05) is 35.9 Å². The summed E-state index contributed by atoms with van der Waals surface area (Å²) in [5.41, 5.74) is 2.59. The number of ether oxygens (including phenoxy) is 1. The molecule has 0 spiro atoms. The lowest BCUT2D eigenvalue weighted by atomic mass is 10.1. The van der Waals surface area contributed by atoms with E-state index in [0.717, 1.165) is 10.8 Å². The third-order valence-electron chi connectivity index (χ3n) is 2.63. The largest absolute Gasteiger partial charge is 0.377 e. The minimum absolute atomic E-state index is 0.373. The van der Waals surface area contributed by atoms with Crippen molar-refractivity contribution in [2.24, 2.45) is 0 Å². The van der Waals surface area contributed by atoms with E-state index in [1.54, 1.807) is 24.9 Å². The smallest absolute Gasteiger partial charge is 0.156 e. The molecule has 0 saturated heterocycles. The molecule has 0 aliphatic rings. The molecule has 100 valence electrons. The lowest BCUT2D eigenvalue weighted by Gasteiger charge is -2.06. The molecule has 1 aromatic carbocycles. The van der Waals surface area contributed by atoms with Gasteiger partial charge in [0.15, 0.2) is 5.82 Å². The standard InChI is InChI=1S/C14H15ClN2OS/c1-10-5-3-4-6-11(10)9-19-14-7-12(15)16-13(17-14)8-18-2/h3-7H,8-9H2,1-2H3. The fraction of sp³-hybridized carbons (Fsp3) is 0.286. The molecule has 0 radical (unpaired) electrons. The quantitative estimate of drug-likeness (QED) is 0.619. The van der Waals surface area contributed by atoms with E-state index in [4.69, 9.17) is 16.3 Å². The molecule has 3 nitrogen and oxygen atoms in total. The lowest BCUT2D eigenvalue weighted by Crippen LogP contribution is -1.98. The first-order valence-electron chi connectivity index (χ1n) is 5.88. The zero-order valence-electron chi connectivity index (χ0n) is 10.9. The molecule has 0 atom stereocenters. The highest BCUT2D eigenvalue weighted by Gasteiger charge is 2.05. The van der Waals surface area contributed by atoms with Crippen molar-refractivity contribution < 1.29 is 4.74 Å². The van der Waals surface area contributed by atoms with Crippen molar-refractivity contribution in [3.8, 4) is 0 Å². The summed E-state index contributed by atoms with van der Waals surface area (Å²) < 4.78 is 5.03. The third kappa shape index (κ3) is 4.20. The van der Waals surface area contributed by atoms with E-state index in [0.29, 0.717) is 17.6 Å². The van der Waals surface area contributed by atoms with Gasteiger partial charge in [0.25, 0.3) is 0 Å². The molecule has 0 bridgehead atoms. The highest BCUT2D eigenvalue weighted by atomic mass is 35.5. The number of rotatable bonds is 5. The summed E-state index contributed by atoms with van der Waals surface area (Å²) in [6.07, 6.45) is 0. The van der Waals surface area contributed by atoms with Gasteiger partial charge in [0, 0.05) is 18.9 Å².